The normalized spacial score (nSPS) is 19.9. The largest absolute Gasteiger partial charge is 0.373 e. The fourth-order valence-corrected chi connectivity index (χ4v) is 3.69. The van der Waals surface area contributed by atoms with Crippen LogP contribution in [0.4, 0.5) is 0 Å². The molecule has 5 nitrogen and oxygen atoms in total. The first-order valence-corrected chi connectivity index (χ1v) is 9.89. The van der Waals surface area contributed by atoms with Gasteiger partial charge in [-0.3, -0.25) is 14.5 Å². The summed E-state index contributed by atoms with van der Waals surface area (Å²) < 4.78 is 5.75. The second kappa shape index (κ2) is 9.62. The lowest BCUT2D eigenvalue weighted by Crippen LogP contribution is -2.46. The molecular formula is C23H28N2O3. The Hall–Kier alpha value is -2.50. The maximum atomic E-state index is 12.8. The molecule has 0 saturated carbocycles. The summed E-state index contributed by atoms with van der Waals surface area (Å²) in [6.45, 7) is 7.52. The van der Waals surface area contributed by atoms with Gasteiger partial charge in [0.2, 0.25) is 0 Å². The smallest absolute Gasteiger partial charge is 0.252 e. The summed E-state index contributed by atoms with van der Waals surface area (Å²) in [6.07, 6.45) is 1.35. The number of rotatable bonds is 7. The number of nitrogens with zero attached hydrogens (tertiary/aromatic N) is 1. The number of nitrogens with one attached hydrogen (secondary N) is 1. The van der Waals surface area contributed by atoms with Gasteiger partial charge in [-0.05, 0) is 26.3 Å². The van der Waals surface area contributed by atoms with Crippen LogP contribution >= 0.6 is 0 Å². The van der Waals surface area contributed by atoms with E-state index in [-0.39, 0.29) is 23.9 Å². The van der Waals surface area contributed by atoms with E-state index in [1.54, 1.807) is 36.4 Å². The molecule has 1 heterocycles. The van der Waals surface area contributed by atoms with E-state index >= 15 is 0 Å². The number of hydrogen-bond donors (Lipinski definition) is 1. The van der Waals surface area contributed by atoms with E-state index in [0.717, 1.165) is 26.1 Å². The van der Waals surface area contributed by atoms with Crippen LogP contribution in [0, 0.1) is 0 Å². The van der Waals surface area contributed by atoms with Gasteiger partial charge < -0.3 is 10.1 Å². The molecule has 2 atom stereocenters. The fourth-order valence-electron chi connectivity index (χ4n) is 3.69. The Morgan fingerprint density at radius 3 is 2.25 bits per heavy atom. The maximum absolute atomic E-state index is 12.8. The molecule has 28 heavy (non-hydrogen) atoms. The van der Waals surface area contributed by atoms with Crippen LogP contribution in [0.2, 0.25) is 0 Å². The summed E-state index contributed by atoms with van der Waals surface area (Å²) in [6, 6.07) is 16.0. The van der Waals surface area contributed by atoms with Gasteiger partial charge in [0.25, 0.3) is 5.91 Å². The average Bonchev–Trinajstić information content (AvgIpc) is 2.70. The van der Waals surface area contributed by atoms with Crippen LogP contribution in [0.15, 0.2) is 54.6 Å². The first kappa shape index (κ1) is 20.2. The number of hydrogen-bond acceptors (Lipinski definition) is 4. The molecule has 2 aromatic carbocycles. The van der Waals surface area contributed by atoms with Crippen LogP contribution in [0.5, 0.6) is 0 Å². The van der Waals surface area contributed by atoms with E-state index in [2.05, 4.69) is 24.1 Å². The van der Waals surface area contributed by atoms with Gasteiger partial charge in [-0.25, -0.2) is 0 Å². The molecular weight excluding hydrogens is 352 g/mol. The van der Waals surface area contributed by atoms with Crippen LogP contribution < -0.4 is 5.32 Å². The second-order valence-electron chi connectivity index (χ2n) is 7.37. The van der Waals surface area contributed by atoms with Gasteiger partial charge >= 0.3 is 0 Å². The molecule has 1 amide bonds. The number of ketones is 1. The first-order valence-electron chi connectivity index (χ1n) is 9.89. The van der Waals surface area contributed by atoms with Crippen LogP contribution in [-0.4, -0.2) is 55.0 Å². The molecule has 0 bridgehead atoms. The highest BCUT2D eigenvalue weighted by Gasteiger charge is 2.22. The molecule has 148 valence electrons. The lowest BCUT2D eigenvalue weighted by molar-refractivity contribution is -0.0680. The second-order valence-corrected chi connectivity index (χ2v) is 7.37. The van der Waals surface area contributed by atoms with Crippen molar-refractivity contribution in [3.05, 3.63) is 71.3 Å². The summed E-state index contributed by atoms with van der Waals surface area (Å²) in [5.74, 6) is -0.341. The summed E-state index contributed by atoms with van der Waals surface area (Å²) in [5.41, 5.74) is 1.44. The molecule has 1 fully saturated rings. The lowest BCUT2D eigenvalue weighted by atomic mass is 9.98. The molecule has 0 aliphatic carbocycles. The minimum Gasteiger partial charge on any atom is -0.373 e. The Bertz CT molecular complexity index is 797. The van der Waals surface area contributed by atoms with Gasteiger partial charge in [0.15, 0.2) is 5.78 Å². The molecule has 1 N–H and O–H groups in total. The van der Waals surface area contributed by atoms with Gasteiger partial charge in [0, 0.05) is 37.3 Å². The number of carbonyl (C=O) groups is 2. The summed E-state index contributed by atoms with van der Waals surface area (Å²) >= 11 is 0. The van der Waals surface area contributed by atoms with E-state index in [9.17, 15) is 9.59 Å². The van der Waals surface area contributed by atoms with Gasteiger partial charge in [-0.1, -0.05) is 48.5 Å². The Balaban J connectivity index is 1.56. The molecule has 0 radical (unpaired) electrons. The van der Waals surface area contributed by atoms with Crippen LogP contribution in [0.25, 0.3) is 0 Å². The van der Waals surface area contributed by atoms with E-state index in [1.165, 1.54) is 0 Å². The van der Waals surface area contributed by atoms with Crippen LogP contribution in [-0.2, 0) is 4.74 Å². The number of morpholine rings is 1. The van der Waals surface area contributed by atoms with E-state index < -0.39 is 0 Å². The van der Waals surface area contributed by atoms with Crippen LogP contribution in [0.1, 0.15) is 46.5 Å². The Kier molecular flexibility index (Phi) is 6.95. The quantitative estimate of drug-likeness (QED) is 0.592. The molecule has 2 aromatic rings. The van der Waals surface area contributed by atoms with Gasteiger partial charge in [-0.15, -0.1) is 0 Å². The van der Waals surface area contributed by atoms with E-state index in [0.29, 0.717) is 23.2 Å². The first-order chi connectivity index (χ1) is 13.5. The zero-order valence-corrected chi connectivity index (χ0v) is 16.6. The van der Waals surface area contributed by atoms with Crippen molar-refractivity contribution in [1.29, 1.82) is 0 Å². The molecule has 3 rings (SSSR count). The standard InChI is InChI=1S/C23H28N2O3/c1-17-15-25(16-18(2)28-17)14-8-13-24-23(27)21-12-7-6-11-20(21)22(26)19-9-4-3-5-10-19/h3-7,9-12,17-18H,8,13-16H2,1-2H3,(H,24,27)/t17-,18-/m0/s1. The van der Waals surface area contributed by atoms with Gasteiger partial charge in [-0.2, -0.15) is 0 Å². The van der Waals surface area contributed by atoms with E-state index in [1.807, 2.05) is 18.2 Å². The number of ether oxygens (including phenoxy) is 1. The van der Waals surface area contributed by atoms with Crippen molar-refractivity contribution >= 4 is 11.7 Å². The van der Waals surface area contributed by atoms with Crippen molar-refractivity contribution in [3.8, 4) is 0 Å². The van der Waals surface area contributed by atoms with E-state index in [4.69, 9.17) is 4.74 Å². The lowest BCUT2D eigenvalue weighted by Gasteiger charge is -2.35. The third-order valence-corrected chi connectivity index (χ3v) is 4.88. The minimum absolute atomic E-state index is 0.136. The number of carbonyl (C=O) groups excluding carboxylic acids is 2. The molecule has 0 spiro atoms. The van der Waals surface area contributed by atoms with Crippen molar-refractivity contribution in [1.82, 2.24) is 10.2 Å². The summed E-state index contributed by atoms with van der Waals surface area (Å²) in [5, 5.41) is 2.96. The molecule has 0 aromatic heterocycles. The van der Waals surface area contributed by atoms with Crippen molar-refractivity contribution in [3.63, 3.8) is 0 Å². The zero-order chi connectivity index (χ0) is 19.9. The third-order valence-electron chi connectivity index (χ3n) is 4.88. The van der Waals surface area contributed by atoms with Crippen molar-refractivity contribution < 1.29 is 14.3 Å². The van der Waals surface area contributed by atoms with Crippen molar-refractivity contribution in [2.75, 3.05) is 26.2 Å². The molecule has 5 heteroatoms. The molecule has 0 unspecified atom stereocenters. The molecule has 1 aliphatic rings. The van der Waals surface area contributed by atoms with Crippen molar-refractivity contribution in [2.45, 2.75) is 32.5 Å². The topological polar surface area (TPSA) is 58.6 Å². The predicted octanol–water partition coefficient (Wildman–Crippen LogP) is 3.15. The SMILES string of the molecule is C[C@H]1CN(CCCNC(=O)c2ccccc2C(=O)c2ccccc2)C[C@H](C)O1. The highest BCUT2D eigenvalue weighted by molar-refractivity contribution is 6.15. The predicted molar refractivity (Wildman–Crippen MR) is 110 cm³/mol. The fraction of sp³-hybridized carbons (Fsp3) is 0.391. The highest BCUT2D eigenvalue weighted by atomic mass is 16.5. The molecule has 1 saturated heterocycles. The Morgan fingerprint density at radius 2 is 1.57 bits per heavy atom. The van der Waals surface area contributed by atoms with Crippen LogP contribution in [0.3, 0.4) is 0 Å². The van der Waals surface area contributed by atoms with Crippen molar-refractivity contribution in [2.24, 2.45) is 0 Å². The Labute approximate surface area is 166 Å². The number of amides is 1. The monoisotopic (exact) mass is 380 g/mol. The average molecular weight is 380 g/mol. The molecule has 1 aliphatic heterocycles. The summed E-state index contributed by atoms with van der Waals surface area (Å²) in [7, 11) is 0. The highest BCUT2D eigenvalue weighted by Crippen LogP contribution is 2.15. The van der Waals surface area contributed by atoms with Gasteiger partial charge in [0.05, 0.1) is 17.8 Å². The third kappa shape index (κ3) is 5.27. The maximum Gasteiger partial charge on any atom is 0.252 e. The summed E-state index contributed by atoms with van der Waals surface area (Å²) in [4.78, 5) is 27.8. The van der Waals surface area contributed by atoms with Gasteiger partial charge in [0.1, 0.15) is 0 Å². The zero-order valence-electron chi connectivity index (χ0n) is 16.6. The minimum atomic E-state index is -0.205. The number of benzene rings is 2. The Morgan fingerprint density at radius 1 is 0.964 bits per heavy atom.